The summed E-state index contributed by atoms with van der Waals surface area (Å²) in [5, 5.41) is 20.4. The molecule has 0 aromatic heterocycles. The number of hydrogen-bond acceptors (Lipinski definition) is 5. The monoisotopic (exact) mass is 558 g/mol. The highest BCUT2D eigenvalue weighted by molar-refractivity contribution is 8.18. The molecule has 38 heavy (non-hydrogen) atoms. The van der Waals surface area contributed by atoms with Crippen molar-refractivity contribution in [2.45, 2.75) is 113 Å². The molecule has 2 aromatic rings. The number of rotatable bonds is 8. The number of phenols is 1. The normalized spacial score (nSPS) is 12.9. The van der Waals surface area contributed by atoms with Crippen molar-refractivity contribution in [1.82, 2.24) is 0 Å². The zero-order chi connectivity index (χ0) is 29.4. The van der Waals surface area contributed by atoms with E-state index in [2.05, 4.69) is 107 Å². The molecule has 0 unspecified atom stereocenters. The van der Waals surface area contributed by atoms with Gasteiger partial charge in [0.05, 0.1) is 4.08 Å². The van der Waals surface area contributed by atoms with Crippen molar-refractivity contribution in [2.24, 2.45) is 0 Å². The molecule has 6 heteroatoms. The van der Waals surface area contributed by atoms with Crippen LogP contribution in [-0.4, -0.2) is 26.9 Å². The van der Waals surface area contributed by atoms with Crippen LogP contribution in [0, 0.1) is 0 Å². The van der Waals surface area contributed by atoms with E-state index in [-0.39, 0.29) is 20.3 Å². The number of ether oxygens (including phenoxy) is 1. The second-order valence-corrected chi connectivity index (χ2v) is 17.2. The molecular weight excluding hydrogens is 512 g/mol. The van der Waals surface area contributed by atoms with E-state index in [0.717, 1.165) is 37.6 Å². The molecule has 0 aliphatic heterocycles. The van der Waals surface area contributed by atoms with Crippen molar-refractivity contribution in [3.63, 3.8) is 0 Å². The molecule has 0 saturated heterocycles. The number of thioether (sulfide) groups is 2. The first-order valence-corrected chi connectivity index (χ1v) is 14.6. The Hall–Kier alpha value is -2.05. The van der Waals surface area contributed by atoms with E-state index >= 15 is 0 Å². The molecule has 0 radical (unpaired) electrons. The molecule has 0 fully saturated rings. The number of aromatic hydroxyl groups is 1. The van der Waals surface area contributed by atoms with Gasteiger partial charge >= 0.3 is 5.97 Å². The molecule has 0 saturated carbocycles. The average Bonchev–Trinajstić information content (AvgIpc) is 2.70. The van der Waals surface area contributed by atoms with E-state index in [1.807, 2.05) is 6.92 Å². The van der Waals surface area contributed by atoms with Gasteiger partial charge < -0.3 is 14.9 Å². The molecule has 2 aromatic carbocycles. The van der Waals surface area contributed by atoms with E-state index < -0.39 is 12.6 Å². The summed E-state index contributed by atoms with van der Waals surface area (Å²) in [4.78, 5) is 13.5. The highest BCUT2D eigenvalue weighted by Crippen LogP contribution is 2.50. The van der Waals surface area contributed by atoms with Crippen molar-refractivity contribution in [3.05, 3.63) is 53.1 Å². The van der Waals surface area contributed by atoms with Crippen LogP contribution in [0.5, 0.6) is 11.5 Å². The maximum Gasteiger partial charge on any atom is 0.341 e. The highest BCUT2D eigenvalue weighted by atomic mass is 32.2. The molecule has 0 spiro atoms. The van der Waals surface area contributed by atoms with Crippen LogP contribution in [0.2, 0.25) is 0 Å². The lowest BCUT2D eigenvalue weighted by Gasteiger charge is -2.31. The van der Waals surface area contributed by atoms with Gasteiger partial charge in [-0.1, -0.05) is 68.9 Å². The minimum absolute atomic E-state index is 0.193. The van der Waals surface area contributed by atoms with Crippen LogP contribution in [-0.2, 0) is 21.0 Å². The molecular formula is C32H46O4S2. The quantitative estimate of drug-likeness (QED) is 0.248. The van der Waals surface area contributed by atoms with Gasteiger partial charge in [-0.25, -0.2) is 4.79 Å². The molecule has 0 amide bonds. The zero-order valence-corrected chi connectivity index (χ0v) is 26.9. The van der Waals surface area contributed by atoms with Gasteiger partial charge in [-0.3, -0.25) is 0 Å². The third-order valence-corrected chi connectivity index (χ3v) is 8.52. The standard InChI is InChI=1S/C32H46O4S2/c1-19(2)22-14-20(17-25(31(9,10)11)28(22)36-18-26(33)34)37-32(12,13)38-21-15-23(29(3,4)5)27(35)24(16-21)30(6,7)8/h14-17,35H,1,18H2,2-13H3,(H,33,34). The van der Waals surface area contributed by atoms with Crippen molar-refractivity contribution in [2.75, 3.05) is 6.61 Å². The highest BCUT2D eigenvalue weighted by Gasteiger charge is 2.30. The molecule has 0 heterocycles. The Kier molecular flexibility index (Phi) is 9.49. The van der Waals surface area contributed by atoms with Gasteiger partial charge in [-0.05, 0) is 66.9 Å². The first kappa shape index (κ1) is 32.2. The van der Waals surface area contributed by atoms with E-state index in [1.165, 1.54) is 0 Å². The van der Waals surface area contributed by atoms with Gasteiger partial charge in [0, 0.05) is 32.0 Å². The molecule has 2 N–H and O–H groups in total. The lowest BCUT2D eigenvalue weighted by molar-refractivity contribution is -0.139. The van der Waals surface area contributed by atoms with Crippen molar-refractivity contribution < 1.29 is 19.7 Å². The first-order valence-electron chi connectivity index (χ1n) is 13.0. The molecule has 210 valence electrons. The second-order valence-electron chi connectivity index (χ2n) is 13.5. The van der Waals surface area contributed by atoms with Crippen LogP contribution >= 0.6 is 23.5 Å². The van der Waals surface area contributed by atoms with Gasteiger partial charge in [0.15, 0.2) is 6.61 Å². The maximum absolute atomic E-state index is 11.3. The number of phenolic OH excluding ortho intramolecular Hbond substituents is 1. The van der Waals surface area contributed by atoms with Crippen molar-refractivity contribution in [1.29, 1.82) is 0 Å². The zero-order valence-electron chi connectivity index (χ0n) is 25.3. The van der Waals surface area contributed by atoms with Crippen LogP contribution in [0.3, 0.4) is 0 Å². The Labute approximate surface area is 238 Å². The minimum Gasteiger partial charge on any atom is -0.507 e. The summed E-state index contributed by atoms with van der Waals surface area (Å²) in [6, 6.07) is 8.43. The fourth-order valence-electron chi connectivity index (χ4n) is 4.22. The van der Waals surface area contributed by atoms with Crippen LogP contribution < -0.4 is 4.74 Å². The summed E-state index contributed by atoms with van der Waals surface area (Å²) >= 11 is 3.53. The van der Waals surface area contributed by atoms with E-state index in [0.29, 0.717) is 11.5 Å². The Morgan fingerprint density at radius 1 is 0.789 bits per heavy atom. The third kappa shape index (κ3) is 8.22. The molecule has 4 nitrogen and oxygen atoms in total. The molecule has 2 rings (SSSR count). The van der Waals surface area contributed by atoms with Gasteiger partial charge in [-0.15, -0.1) is 23.5 Å². The van der Waals surface area contributed by atoms with Crippen LogP contribution in [0.4, 0.5) is 0 Å². The lowest BCUT2D eigenvalue weighted by Crippen LogP contribution is -2.19. The van der Waals surface area contributed by atoms with Gasteiger partial charge in [0.25, 0.3) is 0 Å². The molecule has 0 bridgehead atoms. The number of carboxylic acids is 1. The van der Waals surface area contributed by atoms with Crippen molar-refractivity contribution >= 4 is 35.1 Å². The van der Waals surface area contributed by atoms with Gasteiger partial charge in [0.1, 0.15) is 11.5 Å². The maximum atomic E-state index is 11.3. The van der Waals surface area contributed by atoms with E-state index in [9.17, 15) is 15.0 Å². The Balaban J connectivity index is 2.58. The molecule has 0 aliphatic carbocycles. The first-order chi connectivity index (χ1) is 17.0. The summed E-state index contributed by atoms with van der Waals surface area (Å²) in [7, 11) is 0. The number of allylic oxidation sites excluding steroid dienone is 1. The topological polar surface area (TPSA) is 66.8 Å². The number of carboxylic acid groups (broad SMARTS) is 1. The Bertz CT molecular complexity index is 1170. The van der Waals surface area contributed by atoms with Crippen LogP contribution in [0.1, 0.15) is 105 Å². The Morgan fingerprint density at radius 2 is 1.18 bits per heavy atom. The minimum atomic E-state index is -1.01. The summed E-state index contributed by atoms with van der Waals surface area (Å²) in [6.07, 6.45) is 0. The fourth-order valence-corrected chi connectivity index (χ4v) is 6.81. The smallest absolute Gasteiger partial charge is 0.341 e. The van der Waals surface area contributed by atoms with Gasteiger partial charge in [0.2, 0.25) is 0 Å². The predicted molar refractivity (Wildman–Crippen MR) is 164 cm³/mol. The second kappa shape index (κ2) is 11.2. The average molecular weight is 559 g/mol. The summed E-state index contributed by atoms with van der Waals surface area (Å²) in [5.41, 5.74) is 3.87. The Morgan fingerprint density at radius 3 is 1.55 bits per heavy atom. The summed E-state index contributed by atoms with van der Waals surface area (Å²) < 4.78 is 5.56. The SMILES string of the molecule is C=C(C)c1cc(SC(C)(C)Sc2cc(C(C)(C)C)c(O)c(C(C)(C)C)c2)cc(C(C)(C)C)c1OCC(=O)O. The summed E-state index contributed by atoms with van der Waals surface area (Å²) in [5.74, 6) is -0.0327. The van der Waals surface area contributed by atoms with Crippen LogP contribution in [0.15, 0.2) is 40.6 Å². The van der Waals surface area contributed by atoms with E-state index in [4.69, 9.17) is 4.74 Å². The van der Waals surface area contributed by atoms with Crippen LogP contribution in [0.25, 0.3) is 5.57 Å². The number of aliphatic carboxylic acids is 1. The molecule has 0 aliphatic rings. The largest absolute Gasteiger partial charge is 0.507 e. The van der Waals surface area contributed by atoms with Gasteiger partial charge in [-0.2, -0.15) is 0 Å². The van der Waals surface area contributed by atoms with Crippen molar-refractivity contribution in [3.8, 4) is 11.5 Å². The number of hydrogen-bond donors (Lipinski definition) is 2. The number of carbonyl (C=O) groups is 1. The number of benzene rings is 2. The third-order valence-electron chi connectivity index (χ3n) is 6.10. The molecule has 0 atom stereocenters. The predicted octanol–water partition coefficient (Wildman–Crippen LogP) is 9.40. The lowest BCUT2D eigenvalue weighted by atomic mass is 9.79. The fraction of sp³-hybridized carbons (Fsp3) is 0.531. The van der Waals surface area contributed by atoms with E-state index in [1.54, 1.807) is 23.5 Å². The summed E-state index contributed by atoms with van der Waals surface area (Å²) in [6.45, 7) is 29.2.